The lowest BCUT2D eigenvalue weighted by Crippen LogP contribution is -1.87. The minimum Gasteiger partial charge on any atom is -0.472 e. The van der Waals surface area contributed by atoms with Crippen molar-refractivity contribution < 1.29 is 4.42 Å². The van der Waals surface area contributed by atoms with Crippen molar-refractivity contribution in [1.29, 1.82) is 5.26 Å². The molecular formula is C11H8N2O. The summed E-state index contributed by atoms with van der Waals surface area (Å²) in [7, 11) is 0. The van der Waals surface area contributed by atoms with Crippen LogP contribution in [0.5, 0.6) is 0 Å². The van der Waals surface area contributed by atoms with E-state index in [2.05, 4.69) is 11.1 Å². The van der Waals surface area contributed by atoms with Crippen molar-refractivity contribution in [2.75, 3.05) is 0 Å². The van der Waals surface area contributed by atoms with Crippen LogP contribution in [0.2, 0.25) is 0 Å². The fourth-order valence-corrected chi connectivity index (χ4v) is 1.26. The van der Waals surface area contributed by atoms with Crippen LogP contribution in [0.1, 0.15) is 5.69 Å². The SMILES string of the molecule is N#CCc1cc(-c2ccoc2)ccn1. The smallest absolute Gasteiger partial charge is 0.0980 e. The van der Waals surface area contributed by atoms with Gasteiger partial charge in [0.1, 0.15) is 0 Å². The van der Waals surface area contributed by atoms with E-state index in [9.17, 15) is 0 Å². The Hall–Kier alpha value is -2.08. The van der Waals surface area contributed by atoms with E-state index in [0.717, 1.165) is 16.8 Å². The molecule has 0 spiro atoms. The van der Waals surface area contributed by atoms with Crippen LogP contribution in [0.25, 0.3) is 11.1 Å². The molecule has 0 fully saturated rings. The van der Waals surface area contributed by atoms with Gasteiger partial charge in [-0.1, -0.05) is 0 Å². The number of furan rings is 1. The summed E-state index contributed by atoms with van der Waals surface area (Å²) in [5.41, 5.74) is 2.82. The lowest BCUT2D eigenvalue weighted by molar-refractivity contribution is 0.568. The fraction of sp³-hybridized carbons (Fsp3) is 0.0909. The highest BCUT2D eigenvalue weighted by atomic mass is 16.3. The van der Waals surface area contributed by atoms with Crippen LogP contribution in [0, 0.1) is 11.3 Å². The lowest BCUT2D eigenvalue weighted by atomic mass is 10.1. The largest absolute Gasteiger partial charge is 0.472 e. The average Bonchev–Trinajstić information content (AvgIpc) is 2.71. The van der Waals surface area contributed by atoms with Gasteiger partial charge in [0.15, 0.2) is 0 Å². The Morgan fingerprint density at radius 3 is 3.00 bits per heavy atom. The number of hydrogen-bond donors (Lipinski definition) is 0. The molecule has 0 bridgehead atoms. The molecule has 2 aromatic rings. The minimum atomic E-state index is 0.339. The van der Waals surface area contributed by atoms with E-state index < -0.39 is 0 Å². The Morgan fingerprint density at radius 2 is 2.29 bits per heavy atom. The third-order valence-electron chi connectivity index (χ3n) is 1.93. The topological polar surface area (TPSA) is 49.8 Å². The molecular weight excluding hydrogens is 176 g/mol. The van der Waals surface area contributed by atoms with Gasteiger partial charge in [0.25, 0.3) is 0 Å². The van der Waals surface area contributed by atoms with Gasteiger partial charge >= 0.3 is 0 Å². The Labute approximate surface area is 81.6 Å². The van der Waals surface area contributed by atoms with E-state index in [1.165, 1.54) is 0 Å². The molecule has 0 radical (unpaired) electrons. The summed E-state index contributed by atoms with van der Waals surface area (Å²) in [4.78, 5) is 4.09. The van der Waals surface area contributed by atoms with Crippen LogP contribution in [0.3, 0.4) is 0 Å². The molecule has 3 heteroatoms. The molecule has 14 heavy (non-hydrogen) atoms. The molecule has 0 atom stereocenters. The number of hydrogen-bond acceptors (Lipinski definition) is 3. The molecule has 2 aromatic heterocycles. The molecule has 68 valence electrons. The van der Waals surface area contributed by atoms with E-state index in [1.54, 1.807) is 18.7 Å². The summed E-state index contributed by atoms with van der Waals surface area (Å²) in [6.07, 6.45) is 5.34. The van der Waals surface area contributed by atoms with Crippen LogP contribution < -0.4 is 0 Å². The second-order valence-electron chi connectivity index (χ2n) is 2.88. The monoisotopic (exact) mass is 184 g/mol. The van der Waals surface area contributed by atoms with Crippen LogP contribution in [-0.2, 0) is 6.42 Å². The molecule has 0 aliphatic heterocycles. The normalized spacial score (nSPS) is 9.64. The molecule has 0 aromatic carbocycles. The minimum absolute atomic E-state index is 0.339. The Balaban J connectivity index is 2.37. The highest BCUT2D eigenvalue weighted by Crippen LogP contribution is 2.19. The zero-order chi connectivity index (χ0) is 9.80. The Kier molecular flexibility index (Phi) is 2.28. The molecule has 0 aliphatic rings. The molecule has 0 saturated carbocycles. The molecule has 0 aliphatic carbocycles. The van der Waals surface area contributed by atoms with Gasteiger partial charge in [-0.3, -0.25) is 4.98 Å². The van der Waals surface area contributed by atoms with Gasteiger partial charge in [-0.05, 0) is 23.8 Å². The van der Waals surface area contributed by atoms with Gasteiger partial charge in [0.2, 0.25) is 0 Å². The fourth-order valence-electron chi connectivity index (χ4n) is 1.26. The highest BCUT2D eigenvalue weighted by molar-refractivity contribution is 5.61. The molecule has 2 heterocycles. The maximum Gasteiger partial charge on any atom is 0.0980 e. The van der Waals surface area contributed by atoms with Crippen LogP contribution >= 0.6 is 0 Å². The molecule has 0 N–H and O–H groups in total. The van der Waals surface area contributed by atoms with Gasteiger partial charge in [0, 0.05) is 11.8 Å². The number of aromatic nitrogens is 1. The van der Waals surface area contributed by atoms with Gasteiger partial charge in [-0.2, -0.15) is 5.26 Å². The third-order valence-corrected chi connectivity index (χ3v) is 1.93. The van der Waals surface area contributed by atoms with Crippen LogP contribution in [0.4, 0.5) is 0 Å². The molecule has 0 amide bonds. The summed E-state index contributed by atoms with van der Waals surface area (Å²) < 4.78 is 4.98. The van der Waals surface area contributed by atoms with Gasteiger partial charge in [-0.25, -0.2) is 0 Å². The van der Waals surface area contributed by atoms with Gasteiger partial charge in [-0.15, -0.1) is 0 Å². The first-order valence-corrected chi connectivity index (χ1v) is 4.24. The molecule has 0 saturated heterocycles. The van der Waals surface area contributed by atoms with Crippen molar-refractivity contribution in [3.05, 3.63) is 42.6 Å². The summed E-state index contributed by atoms with van der Waals surface area (Å²) in [5.74, 6) is 0. The van der Waals surface area contributed by atoms with E-state index in [4.69, 9.17) is 9.68 Å². The van der Waals surface area contributed by atoms with Crippen molar-refractivity contribution in [1.82, 2.24) is 4.98 Å². The van der Waals surface area contributed by atoms with Crippen LogP contribution in [0.15, 0.2) is 41.3 Å². The number of rotatable bonds is 2. The van der Waals surface area contributed by atoms with E-state index in [1.807, 2.05) is 18.2 Å². The van der Waals surface area contributed by atoms with Gasteiger partial charge < -0.3 is 4.42 Å². The first-order chi connectivity index (χ1) is 6.90. The number of pyridine rings is 1. The predicted molar refractivity (Wildman–Crippen MR) is 51.3 cm³/mol. The van der Waals surface area contributed by atoms with Crippen LogP contribution in [-0.4, -0.2) is 4.98 Å². The lowest BCUT2D eigenvalue weighted by Gasteiger charge is -1.98. The summed E-state index contributed by atoms with van der Waals surface area (Å²) >= 11 is 0. The van der Waals surface area contributed by atoms with E-state index in [0.29, 0.717) is 6.42 Å². The Bertz CT molecular complexity index is 454. The molecule has 3 nitrogen and oxygen atoms in total. The number of nitriles is 1. The van der Waals surface area contributed by atoms with Crippen molar-refractivity contribution in [2.24, 2.45) is 0 Å². The molecule has 0 unspecified atom stereocenters. The molecule has 2 rings (SSSR count). The van der Waals surface area contributed by atoms with Crippen molar-refractivity contribution >= 4 is 0 Å². The van der Waals surface area contributed by atoms with Gasteiger partial charge in [0.05, 0.1) is 30.7 Å². The summed E-state index contributed by atoms with van der Waals surface area (Å²) in [6.45, 7) is 0. The van der Waals surface area contributed by atoms with E-state index in [-0.39, 0.29) is 0 Å². The first kappa shape index (κ1) is 8.52. The standard InChI is InChI=1S/C11H8N2O/c12-4-1-11-7-9(2-5-13-11)10-3-6-14-8-10/h2-3,5-8H,1H2. The third kappa shape index (κ3) is 1.64. The zero-order valence-corrected chi connectivity index (χ0v) is 7.47. The van der Waals surface area contributed by atoms with Crippen molar-refractivity contribution in [3.8, 4) is 17.2 Å². The maximum absolute atomic E-state index is 8.53. The van der Waals surface area contributed by atoms with Crippen molar-refractivity contribution in [2.45, 2.75) is 6.42 Å². The van der Waals surface area contributed by atoms with Crippen molar-refractivity contribution in [3.63, 3.8) is 0 Å². The maximum atomic E-state index is 8.53. The Morgan fingerprint density at radius 1 is 1.36 bits per heavy atom. The second-order valence-corrected chi connectivity index (χ2v) is 2.88. The summed E-state index contributed by atoms with van der Waals surface area (Å²) in [6, 6.07) is 7.74. The quantitative estimate of drug-likeness (QED) is 0.720. The number of nitrogens with zero attached hydrogens (tertiary/aromatic N) is 2. The zero-order valence-electron chi connectivity index (χ0n) is 7.47. The first-order valence-electron chi connectivity index (χ1n) is 4.24. The average molecular weight is 184 g/mol. The second kappa shape index (κ2) is 3.75. The predicted octanol–water partition coefficient (Wildman–Crippen LogP) is 2.41. The highest BCUT2D eigenvalue weighted by Gasteiger charge is 2.00. The van der Waals surface area contributed by atoms with E-state index >= 15 is 0 Å². The summed E-state index contributed by atoms with van der Waals surface area (Å²) in [5, 5.41) is 8.53.